The molecule has 1 aromatic rings. The number of esters is 1. The van der Waals surface area contributed by atoms with Crippen LogP contribution < -0.4 is 5.32 Å². The van der Waals surface area contributed by atoms with E-state index in [1.165, 1.54) is 12.7 Å². The summed E-state index contributed by atoms with van der Waals surface area (Å²) in [6.07, 6.45) is 0. The quantitative estimate of drug-likeness (QED) is 0.841. The summed E-state index contributed by atoms with van der Waals surface area (Å²) in [5.41, 5.74) is 2.00. The van der Waals surface area contributed by atoms with Crippen molar-refractivity contribution in [2.24, 2.45) is 0 Å². The largest absolute Gasteiger partial charge is 0.465 e. The molecule has 1 fully saturated rings. The van der Waals surface area contributed by atoms with Crippen LogP contribution in [0.5, 0.6) is 0 Å². The summed E-state index contributed by atoms with van der Waals surface area (Å²) in [5, 5.41) is 3.50. The van der Waals surface area contributed by atoms with Gasteiger partial charge in [0.05, 0.1) is 12.7 Å². The van der Waals surface area contributed by atoms with Gasteiger partial charge in [-0.2, -0.15) is 0 Å². The highest BCUT2D eigenvalue weighted by Crippen LogP contribution is 2.14. The maximum atomic E-state index is 11.4. The van der Waals surface area contributed by atoms with Gasteiger partial charge in [-0.3, -0.25) is 4.90 Å². The molecule has 1 aliphatic heterocycles. The van der Waals surface area contributed by atoms with E-state index in [1.54, 1.807) is 0 Å². The van der Waals surface area contributed by atoms with Crippen LogP contribution in [0, 0.1) is 0 Å². The minimum atomic E-state index is -0.283. The Hall–Kier alpha value is -1.39. The van der Waals surface area contributed by atoms with Crippen LogP contribution in [0.3, 0.4) is 0 Å². The van der Waals surface area contributed by atoms with Gasteiger partial charge in [0, 0.05) is 31.7 Å². The van der Waals surface area contributed by atoms with Crippen molar-refractivity contribution in [2.75, 3.05) is 26.7 Å². The SMILES string of the molecule is COC(=O)c1ccc(CN2CCNC(C)(C)C2)cc1. The lowest BCUT2D eigenvalue weighted by Gasteiger charge is -2.39. The minimum Gasteiger partial charge on any atom is -0.465 e. The monoisotopic (exact) mass is 262 g/mol. The van der Waals surface area contributed by atoms with Crippen molar-refractivity contribution in [3.05, 3.63) is 35.4 Å². The molecule has 2 rings (SSSR count). The van der Waals surface area contributed by atoms with Gasteiger partial charge >= 0.3 is 5.97 Å². The van der Waals surface area contributed by atoms with Crippen molar-refractivity contribution in [3.8, 4) is 0 Å². The Morgan fingerprint density at radius 2 is 2.05 bits per heavy atom. The molecule has 1 N–H and O–H groups in total. The van der Waals surface area contributed by atoms with Gasteiger partial charge in [0.2, 0.25) is 0 Å². The van der Waals surface area contributed by atoms with Crippen LogP contribution in [-0.4, -0.2) is 43.2 Å². The predicted octanol–water partition coefficient (Wildman–Crippen LogP) is 1.66. The normalized spacial score (nSPS) is 19.1. The summed E-state index contributed by atoms with van der Waals surface area (Å²) < 4.78 is 4.70. The Balaban J connectivity index is 1.98. The predicted molar refractivity (Wildman–Crippen MR) is 75.1 cm³/mol. The number of carbonyl (C=O) groups is 1. The van der Waals surface area contributed by atoms with Gasteiger partial charge in [0.1, 0.15) is 0 Å². The Labute approximate surface area is 114 Å². The third-order valence-corrected chi connectivity index (χ3v) is 3.43. The van der Waals surface area contributed by atoms with E-state index in [-0.39, 0.29) is 11.5 Å². The lowest BCUT2D eigenvalue weighted by atomic mass is 10.0. The Morgan fingerprint density at radius 1 is 1.37 bits per heavy atom. The van der Waals surface area contributed by atoms with E-state index in [0.29, 0.717) is 5.56 Å². The maximum Gasteiger partial charge on any atom is 0.337 e. The number of hydrogen-bond donors (Lipinski definition) is 1. The molecule has 19 heavy (non-hydrogen) atoms. The molecule has 0 spiro atoms. The highest BCUT2D eigenvalue weighted by atomic mass is 16.5. The minimum absolute atomic E-state index is 0.171. The molecule has 4 nitrogen and oxygen atoms in total. The van der Waals surface area contributed by atoms with Crippen LogP contribution in [0.15, 0.2) is 24.3 Å². The standard InChI is InChI=1S/C15H22N2O2/c1-15(2)11-17(9-8-16-15)10-12-4-6-13(7-5-12)14(18)19-3/h4-7,16H,8-11H2,1-3H3. The molecule has 0 radical (unpaired) electrons. The average Bonchev–Trinajstić information content (AvgIpc) is 2.37. The topological polar surface area (TPSA) is 41.6 Å². The van der Waals surface area contributed by atoms with Gasteiger partial charge in [-0.05, 0) is 31.5 Å². The first-order chi connectivity index (χ1) is 9.00. The molecular formula is C15H22N2O2. The molecule has 4 heteroatoms. The van der Waals surface area contributed by atoms with Gasteiger partial charge in [-0.15, -0.1) is 0 Å². The molecule has 1 saturated heterocycles. The lowest BCUT2D eigenvalue weighted by molar-refractivity contribution is 0.0600. The summed E-state index contributed by atoms with van der Waals surface area (Å²) in [4.78, 5) is 13.8. The molecule has 0 atom stereocenters. The van der Waals surface area contributed by atoms with Crippen molar-refractivity contribution in [3.63, 3.8) is 0 Å². The van der Waals surface area contributed by atoms with E-state index in [2.05, 4.69) is 24.1 Å². The van der Waals surface area contributed by atoms with Gasteiger partial charge in [-0.25, -0.2) is 4.79 Å². The first-order valence-corrected chi connectivity index (χ1v) is 6.65. The van der Waals surface area contributed by atoms with Gasteiger partial charge in [-0.1, -0.05) is 12.1 Å². The first-order valence-electron chi connectivity index (χ1n) is 6.65. The van der Waals surface area contributed by atoms with Gasteiger partial charge in [0.25, 0.3) is 0 Å². The second-order valence-corrected chi connectivity index (χ2v) is 5.71. The average molecular weight is 262 g/mol. The highest BCUT2D eigenvalue weighted by Gasteiger charge is 2.25. The second-order valence-electron chi connectivity index (χ2n) is 5.71. The smallest absolute Gasteiger partial charge is 0.337 e. The number of benzene rings is 1. The van der Waals surface area contributed by atoms with E-state index < -0.39 is 0 Å². The lowest BCUT2D eigenvalue weighted by Crippen LogP contribution is -2.56. The zero-order valence-corrected chi connectivity index (χ0v) is 11.9. The van der Waals surface area contributed by atoms with Crippen LogP contribution in [0.25, 0.3) is 0 Å². The molecule has 0 unspecified atom stereocenters. The number of carbonyl (C=O) groups excluding carboxylic acids is 1. The van der Waals surface area contributed by atoms with Crippen LogP contribution in [0.1, 0.15) is 29.8 Å². The molecular weight excluding hydrogens is 240 g/mol. The van der Waals surface area contributed by atoms with Crippen LogP contribution in [-0.2, 0) is 11.3 Å². The third kappa shape index (κ3) is 3.78. The fourth-order valence-corrected chi connectivity index (χ4v) is 2.50. The van der Waals surface area contributed by atoms with Crippen molar-refractivity contribution >= 4 is 5.97 Å². The second kappa shape index (κ2) is 5.72. The Bertz CT molecular complexity index is 440. The molecule has 0 bridgehead atoms. The van der Waals surface area contributed by atoms with E-state index in [0.717, 1.165) is 26.2 Å². The zero-order valence-electron chi connectivity index (χ0n) is 11.9. The highest BCUT2D eigenvalue weighted by molar-refractivity contribution is 5.89. The molecule has 0 saturated carbocycles. The third-order valence-electron chi connectivity index (χ3n) is 3.43. The van der Waals surface area contributed by atoms with E-state index in [4.69, 9.17) is 4.74 Å². The molecule has 0 aromatic heterocycles. The van der Waals surface area contributed by atoms with Crippen LogP contribution >= 0.6 is 0 Å². The van der Waals surface area contributed by atoms with Crippen molar-refractivity contribution in [1.29, 1.82) is 0 Å². The Morgan fingerprint density at radius 3 is 2.63 bits per heavy atom. The summed E-state index contributed by atoms with van der Waals surface area (Å²) >= 11 is 0. The number of hydrogen-bond acceptors (Lipinski definition) is 4. The fraction of sp³-hybridized carbons (Fsp3) is 0.533. The summed E-state index contributed by atoms with van der Waals surface area (Å²) in [6.45, 7) is 8.48. The van der Waals surface area contributed by atoms with E-state index in [9.17, 15) is 4.79 Å². The van der Waals surface area contributed by atoms with Crippen LogP contribution in [0.2, 0.25) is 0 Å². The van der Waals surface area contributed by atoms with Crippen LogP contribution in [0.4, 0.5) is 0 Å². The number of nitrogens with zero attached hydrogens (tertiary/aromatic N) is 1. The number of ether oxygens (including phenoxy) is 1. The maximum absolute atomic E-state index is 11.4. The van der Waals surface area contributed by atoms with Gasteiger partial charge < -0.3 is 10.1 Å². The first kappa shape index (κ1) is 14.0. The molecule has 0 amide bonds. The molecule has 1 heterocycles. The van der Waals surface area contributed by atoms with E-state index in [1.807, 2.05) is 24.3 Å². The van der Waals surface area contributed by atoms with Gasteiger partial charge in [0.15, 0.2) is 0 Å². The number of rotatable bonds is 3. The Kier molecular flexibility index (Phi) is 4.22. The van der Waals surface area contributed by atoms with Crippen molar-refractivity contribution in [1.82, 2.24) is 10.2 Å². The fourth-order valence-electron chi connectivity index (χ4n) is 2.50. The van der Waals surface area contributed by atoms with Crippen molar-refractivity contribution in [2.45, 2.75) is 25.9 Å². The number of methoxy groups -OCH3 is 1. The zero-order chi connectivity index (χ0) is 13.9. The van der Waals surface area contributed by atoms with E-state index >= 15 is 0 Å². The number of piperazine rings is 1. The molecule has 104 valence electrons. The molecule has 1 aliphatic rings. The summed E-state index contributed by atoms with van der Waals surface area (Å²) in [6, 6.07) is 7.66. The summed E-state index contributed by atoms with van der Waals surface area (Å²) in [5.74, 6) is -0.283. The summed E-state index contributed by atoms with van der Waals surface area (Å²) in [7, 11) is 1.40. The molecule has 1 aromatic carbocycles. The number of nitrogens with one attached hydrogen (secondary N) is 1. The molecule has 0 aliphatic carbocycles. The van der Waals surface area contributed by atoms with Crippen molar-refractivity contribution < 1.29 is 9.53 Å².